The van der Waals surface area contributed by atoms with Gasteiger partial charge in [-0.15, -0.1) is 0 Å². The molecule has 0 saturated carbocycles. The van der Waals surface area contributed by atoms with Crippen molar-refractivity contribution < 1.29 is 24.0 Å². The number of amides is 1. The van der Waals surface area contributed by atoms with Gasteiger partial charge in [-0.3, -0.25) is 19.7 Å². The maximum Gasteiger partial charge on any atom is 0.311 e. The molecule has 2 aromatic carbocycles. The second-order valence-corrected chi connectivity index (χ2v) is 6.09. The Morgan fingerprint density at radius 3 is 2.57 bits per heavy atom. The fourth-order valence-electron chi connectivity index (χ4n) is 2.79. The molecule has 1 heterocycles. The third-order valence-electron chi connectivity index (χ3n) is 4.20. The lowest BCUT2D eigenvalue weighted by Crippen LogP contribution is -2.36. The first-order valence-electron chi connectivity index (χ1n) is 8.66. The maximum absolute atomic E-state index is 12.1. The molecule has 0 spiro atoms. The zero-order chi connectivity index (χ0) is 19.9. The molecule has 9 heteroatoms. The summed E-state index contributed by atoms with van der Waals surface area (Å²) < 4.78 is 10.6. The highest BCUT2D eigenvalue weighted by Crippen LogP contribution is 2.27. The van der Waals surface area contributed by atoms with Crippen LogP contribution in [0.25, 0.3) is 0 Å². The number of rotatable bonds is 7. The minimum atomic E-state index is -0.662. The predicted molar refractivity (Wildman–Crippen MR) is 102 cm³/mol. The van der Waals surface area contributed by atoms with E-state index >= 15 is 0 Å². The zero-order valence-corrected chi connectivity index (χ0v) is 15.0. The Balaban J connectivity index is 1.57. The molecular weight excluding hydrogens is 366 g/mol. The molecule has 1 N–H and O–H groups in total. The van der Waals surface area contributed by atoms with E-state index in [4.69, 9.17) is 9.47 Å². The normalized spacial score (nSPS) is 13.6. The first-order chi connectivity index (χ1) is 13.6. The topological polar surface area (TPSA) is 111 Å². The largest absolute Gasteiger partial charge is 0.477 e. The number of hydrogen-bond donors (Lipinski definition) is 1. The lowest BCUT2D eigenvalue weighted by Gasteiger charge is -2.28. The first-order valence-corrected chi connectivity index (χ1v) is 8.66. The fourth-order valence-corrected chi connectivity index (χ4v) is 2.79. The van der Waals surface area contributed by atoms with Crippen LogP contribution in [0, 0.1) is 10.1 Å². The van der Waals surface area contributed by atoms with Crippen LogP contribution in [0.15, 0.2) is 42.5 Å². The maximum atomic E-state index is 12.1. The molecule has 0 aliphatic carbocycles. The number of nitrogens with one attached hydrogen (secondary N) is 1. The quantitative estimate of drug-likeness (QED) is 0.442. The van der Waals surface area contributed by atoms with Crippen molar-refractivity contribution in [1.82, 2.24) is 0 Å². The summed E-state index contributed by atoms with van der Waals surface area (Å²) in [7, 11) is 0. The van der Waals surface area contributed by atoms with E-state index in [2.05, 4.69) is 10.2 Å². The molecule has 0 atom stereocenters. The number of carbonyl (C=O) groups is 2. The van der Waals surface area contributed by atoms with Gasteiger partial charge in [0.25, 0.3) is 5.91 Å². The molecule has 1 aliphatic rings. The molecular formula is C19H19N3O6. The number of aldehydes is 1. The Morgan fingerprint density at radius 2 is 1.93 bits per heavy atom. The van der Waals surface area contributed by atoms with Crippen molar-refractivity contribution in [2.45, 2.75) is 0 Å². The van der Waals surface area contributed by atoms with Crippen molar-refractivity contribution >= 4 is 29.3 Å². The second-order valence-electron chi connectivity index (χ2n) is 6.09. The number of benzene rings is 2. The minimum absolute atomic E-state index is 0.0755. The molecule has 146 valence electrons. The molecule has 28 heavy (non-hydrogen) atoms. The average Bonchev–Trinajstić information content (AvgIpc) is 2.73. The second kappa shape index (κ2) is 8.96. The molecule has 0 unspecified atom stereocenters. The van der Waals surface area contributed by atoms with Crippen molar-refractivity contribution in [3.05, 3.63) is 58.1 Å². The van der Waals surface area contributed by atoms with Crippen molar-refractivity contribution in [3.63, 3.8) is 0 Å². The molecule has 1 saturated heterocycles. The molecule has 0 radical (unpaired) electrons. The SMILES string of the molecule is O=Cc1ccc(OCC(=O)Nc2ccc(N3CCOCC3)cc2)c([N+](=O)[O-])c1. The summed E-state index contributed by atoms with van der Waals surface area (Å²) in [5.41, 5.74) is 1.43. The summed E-state index contributed by atoms with van der Waals surface area (Å²) in [5, 5.41) is 13.8. The number of nitro benzene ring substituents is 1. The lowest BCUT2D eigenvalue weighted by atomic mass is 10.2. The van der Waals surface area contributed by atoms with Crippen LogP contribution in [0.3, 0.4) is 0 Å². The van der Waals surface area contributed by atoms with Crippen molar-refractivity contribution in [2.75, 3.05) is 43.1 Å². The van der Waals surface area contributed by atoms with Gasteiger partial charge >= 0.3 is 5.69 Å². The summed E-state index contributed by atoms with van der Waals surface area (Å²) in [6, 6.07) is 11.2. The Kier molecular flexibility index (Phi) is 6.18. The Labute approximate surface area is 161 Å². The van der Waals surface area contributed by atoms with E-state index in [9.17, 15) is 19.7 Å². The third kappa shape index (κ3) is 4.83. The summed E-state index contributed by atoms with van der Waals surface area (Å²) in [5.74, 6) is -0.527. The number of hydrogen-bond acceptors (Lipinski definition) is 7. The Hall–Kier alpha value is -3.46. The van der Waals surface area contributed by atoms with E-state index < -0.39 is 17.4 Å². The van der Waals surface area contributed by atoms with E-state index in [0.717, 1.165) is 24.8 Å². The van der Waals surface area contributed by atoms with Gasteiger partial charge in [0.2, 0.25) is 0 Å². The summed E-state index contributed by atoms with van der Waals surface area (Å²) in [6.45, 7) is 2.63. The average molecular weight is 385 g/mol. The van der Waals surface area contributed by atoms with Crippen LogP contribution < -0.4 is 15.0 Å². The Bertz CT molecular complexity index is 862. The Morgan fingerprint density at radius 1 is 1.21 bits per heavy atom. The molecule has 9 nitrogen and oxygen atoms in total. The standard InChI is InChI=1S/C19H19N3O6/c23-12-14-1-6-18(17(11-14)22(25)26)28-13-19(24)20-15-2-4-16(5-3-15)21-7-9-27-10-8-21/h1-6,11-12H,7-10,13H2,(H,20,24). The summed E-state index contributed by atoms with van der Waals surface area (Å²) in [4.78, 5) is 35.5. The van der Waals surface area contributed by atoms with Crippen LogP contribution in [0.2, 0.25) is 0 Å². The zero-order valence-electron chi connectivity index (χ0n) is 15.0. The highest BCUT2D eigenvalue weighted by Gasteiger charge is 2.17. The van der Waals surface area contributed by atoms with Crippen LogP contribution in [0.5, 0.6) is 5.75 Å². The molecule has 1 fully saturated rings. The van der Waals surface area contributed by atoms with Gasteiger partial charge in [0.15, 0.2) is 12.4 Å². The molecule has 1 amide bonds. The summed E-state index contributed by atoms with van der Waals surface area (Å²) >= 11 is 0. The van der Waals surface area contributed by atoms with E-state index in [1.54, 1.807) is 12.1 Å². The fraction of sp³-hybridized carbons (Fsp3) is 0.263. The van der Waals surface area contributed by atoms with Crippen molar-refractivity contribution in [3.8, 4) is 5.75 Å². The van der Waals surface area contributed by atoms with E-state index in [1.165, 1.54) is 12.1 Å². The van der Waals surface area contributed by atoms with Crippen molar-refractivity contribution in [2.24, 2.45) is 0 Å². The third-order valence-corrected chi connectivity index (χ3v) is 4.20. The van der Waals surface area contributed by atoms with Crippen LogP contribution in [-0.4, -0.2) is 50.0 Å². The van der Waals surface area contributed by atoms with Gasteiger partial charge in [-0.1, -0.05) is 0 Å². The highest BCUT2D eigenvalue weighted by atomic mass is 16.6. The van der Waals surface area contributed by atoms with E-state index in [1.807, 2.05) is 12.1 Å². The lowest BCUT2D eigenvalue weighted by molar-refractivity contribution is -0.385. The highest BCUT2D eigenvalue weighted by molar-refractivity contribution is 5.92. The smallest absolute Gasteiger partial charge is 0.311 e. The number of anilines is 2. The van der Waals surface area contributed by atoms with Gasteiger partial charge in [0.05, 0.1) is 18.1 Å². The van der Waals surface area contributed by atoms with E-state index in [-0.39, 0.29) is 17.0 Å². The van der Waals surface area contributed by atoms with Crippen LogP contribution in [0.4, 0.5) is 17.1 Å². The monoisotopic (exact) mass is 385 g/mol. The molecule has 3 rings (SSSR count). The van der Waals surface area contributed by atoms with Gasteiger partial charge in [-0.25, -0.2) is 0 Å². The van der Waals surface area contributed by atoms with Crippen molar-refractivity contribution in [1.29, 1.82) is 0 Å². The number of nitrogens with zero attached hydrogens (tertiary/aromatic N) is 2. The number of ether oxygens (including phenoxy) is 2. The predicted octanol–water partition coefficient (Wildman–Crippen LogP) is 2.26. The van der Waals surface area contributed by atoms with E-state index in [0.29, 0.717) is 25.2 Å². The van der Waals surface area contributed by atoms with Crippen LogP contribution in [-0.2, 0) is 9.53 Å². The minimum Gasteiger partial charge on any atom is -0.477 e. The summed E-state index contributed by atoms with van der Waals surface area (Å²) in [6.07, 6.45) is 0.504. The van der Waals surface area contributed by atoms with Gasteiger partial charge in [0.1, 0.15) is 6.29 Å². The number of nitro groups is 1. The first kappa shape index (κ1) is 19.3. The van der Waals surface area contributed by atoms with Gasteiger partial charge in [0, 0.05) is 36.1 Å². The molecule has 0 aromatic heterocycles. The van der Waals surface area contributed by atoms with Gasteiger partial charge in [-0.2, -0.15) is 0 Å². The number of carbonyl (C=O) groups excluding carboxylic acids is 2. The van der Waals surface area contributed by atoms with Crippen LogP contribution >= 0.6 is 0 Å². The molecule has 1 aliphatic heterocycles. The van der Waals surface area contributed by atoms with Gasteiger partial charge < -0.3 is 19.7 Å². The van der Waals surface area contributed by atoms with Gasteiger partial charge in [-0.05, 0) is 36.4 Å². The van der Waals surface area contributed by atoms with Crippen LogP contribution in [0.1, 0.15) is 10.4 Å². The molecule has 2 aromatic rings. The number of morpholine rings is 1. The molecule has 0 bridgehead atoms.